The molecule has 0 unspecified atom stereocenters. The summed E-state index contributed by atoms with van der Waals surface area (Å²) in [7, 11) is 0. The summed E-state index contributed by atoms with van der Waals surface area (Å²) in [6, 6.07) is 5.26. The molecule has 17 heavy (non-hydrogen) atoms. The maximum atomic E-state index is 11.8. The van der Waals surface area contributed by atoms with Gasteiger partial charge in [0, 0.05) is 12.2 Å². The molecule has 0 saturated carbocycles. The van der Waals surface area contributed by atoms with Crippen molar-refractivity contribution in [1.29, 1.82) is 0 Å². The van der Waals surface area contributed by atoms with Crippen LogP contribution in [0.2, 0.25) is 10.0 Å². The van der Waals surface area contributed by atoms with Gasteiger partial charge in [0.25, 0.3) is 0 Å². The Balaban J connectivity index is 0.00000144. The second-order valence-corrected chi connectivity index (χ2v) is 4.49. The molecule has 1 fully saturated rings. The fraction of sp³-hybridized carbons (Fsp3) is 0.364. The van der Waals surface area contributed by atoms with Gasteiger partial charge in [0.05, 0.1) is 16.6 Å². The number of nitrogens with zero attached hydrogens (tertiary/aromatic N) is 1. The third-order valence-electron chi connectivity index (χ3n) is 2.53. The van der Waals surface area contributed by atoms with Crippen LogP contribution in [0.25, 0.3) is 0 Å². The summed E-state index contributed by atoms with van der Waals surface area (Å²) in [5.41, 5.74) is 0.808. The molecule has 1 aromatic carbocycles. The number of anilines is 1. The van der Waals surface area contributed by atoms with Gasteiger partial charge in [0.2, 0.25) is 5.91 Å². The van der Waals surface area contributed by atoms with Crippen molar-refractivity contribution >= 4 is 47.2 Å². The van der Waals surface area contributed by atoms with Crippen LogP contribution in [0, 0.1) is 0 Å². The lowest BCUT2D eigenvalue weighted by atomic mass is 10.2. The van der Waals surface area contributed by atoms with Crippen molar-refractivity contribution in [3.8, 4) is 0 Å². The SMILES string of the molecule is Cl.O=C1CNCCCN1c1ccc(Cl)c(Cl)c1. The monoisotopic (exact) mass is 294 g/mol. The molecule has 94 valence electrons. The van der Waals surface area contributed by atoms with Crippen molar-refractivity contribution in [1.82, 2.24) is 5.32 Å². The van der Waals surface area contributed by atoms with Gasteiger partial charge in [-0.1, -0.05) is 23.2 Å². The lowest BCUT2D eigenvalue weighted by molar-refractivity contribution is -0.117. The minimum Gasteiger partial charge on any atom is -0.311 e. The predicted molar refractivity (Wildman–Crippen MR) is 73.5 cm³/mol. The number of benzene rings is 1. The number of hydrogen-bond acceptors (Lipinski definition) is 2. The molecule has 1 aliphatic heterocycles. The summed E-state index contributed by atoms with van der Waals surface area (Å²) in [5, 5.41) is 4.05. The third-order valence-corrected chi connectivity index (χ3v) is 3.27. The normalized spacial score (nSPS) is 16.4. The number of nitrogens with one attached hydrogen (secondary N) is 1. The molecule has 0 radical (unpaired) electrons. The van der Waals surface area contributed by atoms with E-state index in [1.807, 2.05) is 6.07 Å². The van der Waals surface area contributed by atoms with Gasteiger partial charge in [0.1, 0.15) is 0 Å². The van der Waals surface area contributed by atoms with E-state index in [1.165, 1.54) is 0 Å². The molecule has 2 rings (SSSR count). The molecule has 1 heterocycles. The number of halogens is 3. The summed E-state index contributed by atoms with van der Waals surface area (Å²) in [5.74, 6) is 0.0656. The summed E-state index contributed by atoms with van der Waals surface area (Å²) >= 11 is 11.8. The van der Waals surface area contributed by atoms with Gasteiger partial charge in [-0.15, -0.1) is 12.4 Å². The Bertz CT molecular complexity index is 412. The van der Waals surface area contributed by atoms with E-state index in [2.05, 4.69) is 5.32 Å². The van der Waals surface area contributed by atoms with E-state index in [0.717, 1.165) is 18.7 Å². The molecular weight excluding hydrogens is 282 g/mol. The Morgan fingerprint density at radius 2 is 2.00 bits per heavy atom. The number of amides is 1. The molecule has 3 nitrogen and oxygen atoms in total. The van der Waals surface area contributed by atoms with Crippen LogP contribution >= 0.6 is 35.6 Å². The van der Waals surface area contributed by atoms with Gasteiger partial charge >= 0.3 is 0 Å². The summed E-state index contributed by atoms with van der Waals surface area (Å²) in [6.07, 6.45) is 0.936. The number of rotatable bonds is 1. The van der Waals surface area contributed by atoms with Crippen LogP contribution < -0.4 is 10.2 Å². The number of carbonyl (C=O) groups is 1. The highest BCUT2D eigenvalue weighted by Crippen LogP contribution is 2.27. The van der Waals surface area contributed by atoms with Crippen molar-refractivity contribution in [2.75, 3.05) is 24.5 Å². The molecule has 0 aliphatic carbocycles. The molecule has 0 bridgehead atoms. The van der Waals surface area contributed by atoms with Crippen LogP contribution in [0.1, 0.15) is 6.42 Å². The second kappa shape index (κ2) is 6.45. The highest BCUT2D eigenvalue weighted by atomic mass is 35.5. The average molecular weight is 296 g/mol. The van der Waals surface area contributed by atoms with Crippen LogP contribution in [0.5, 0.6) is 0 Å². The molecule has 1 amide bonds. The molecule has 1 N–H and O–H groups in total. The van der Waals surface area contributed by atoms with E-state index in [-0.39, 0.29) is 18.3 Å². The number of hydrogen-bond donors (Lipinski definition) is 1. The predicted octanol–water partition coefficient (Wildman–Crippen LogP) is 2.74. The zero-order valence-corrected chi connectivity index (χ0v) is 11.4. The van der Waals surface area contributed by atoms with Crippen molar-refractivity contribution in [2.24, 2.45) is 0 Å². The van der Waals surface area contributed by atoms with Gasteiger partial charge in [-0.05, 0) is 31.2 Å². The van der Waals surface area contributed by atoms with E-state index in [1.54, 1.807) is 17.0 Å². The summed E-state index contributed by atoms with van der Waals surface area (Å²) < 4.78 is 0. The topological polar surface area (TPSA) is 32.3 Å². The smallest absolute Gasteiger partial charge is 0.240 e. The Morgan fingerprint density at radius 3 is 2.71 bits per heavy atom. The first-order valence-corrected chi connectivity index (χ1v) is 5.90. The van der Waals surface area contributed by atoms with Crippen molar-refractivity contribution in [3.63, 3.8) is 0 Å². The first-order chi connectivity index (χ1) is 7.68. The van der Waals surface area contributed by atoms with Gasteiger partial charge in [-0.3, -0.25) is 4.79 Å². The minimum atomic E-state index is 0. The Hall–Kier alpha value is -0.480. The molecule has 1 aromatic rings. The van der Waals surface area contributed by atoms with E-state index in [4.69, 9.17) is 23.2 Å². The Kier molecular flexibility index (Phi) is 5.53. The number of carbonyl (C=O) groups excluding carboxylic acids is 1. The fourth-order valence-corrected chi connectivity index (χ4v) is 2.00. The van der Waals surface area contributed by atoms with E-state index in [9.17, 15) is 4.79 Å². The largest absolute Gasteiger partial charge is 0.311 e. The lowest BCUT2D eigenvalue weighted by Crippen LogP contribution is -2.34. The van der Waals surface area contributed by atoms with Gasteiger partial charge in [-0.25, -0.2) is 0 Å². The first kappa shape index (κ1) is 14.6. The van der Waals surface area contributed by atoms with E-state index >= 15 is 0 Å². The quantitative estimate of drug-likeness (QED) is 0.864. The van der Waals surface area contributed by atoms with Crippen LogP contribution in [0.15, 0.2) is 18.2 Å². The van der Waals surface area contributed by atoms with Crippen LogP contribution in [-0.2, 0) is 4.79 Å². The summed E-state index contributed by atoms with van der Waals surface area (Å²) in [4.78, 5) is 13.5. The van der Waals surface area contributed by atoms with Crippen LogP contribution in [-0.4, -0.2) is 25.5 Å². The second-order valence-electron chi connectivity index (χ2n) is 3.67. The van der Waals surface area contributed by atoms with E-state index in [0.29, 0.717) is 23.1 Å². The Morgan fingerprint density at radius 1 is 1.24 bits per heavy atom. The van der Waals surface area contributed by atoms with Crippen molar-refractivity contribution in [3.05, 3.63) is 28.2 Å². The molecule has 0 aromatic heterocycles. The van der Waals surface area contributed by atoms with Crippen molar-refractivity contribution in [2.45, 2.75) is 6.42 Å². The molecular formula is C11H13Cl3N2O. The lowest BCUT2D eigenvalue weighted by Gasteiger charge is -2.20. The van der Waals surface area contributed by atoms with Crippen molar-refractivity contribution < 1.29 is 4.79 Å². The van der Waals surface area contributed by atoms with Gasteiger partial charge < -0.3 is 10.2 Å². The minimum absolute atomic E-state index is 0. The Labute approximate surface area is 116 Å². The molecule has 0 atom stereocenters. The van der Waals surface area contributed by atoms with Crippen LogP contribution in [0.4, 0.5) is 5.69 Å². The maximum Gasteiger partial charge on any atom is 0.240 e. The highest BCUT2D eigenvalue weighted by Gasteiger charge is 2.18. The molecule has 1 saturated heterocycles. The van der Waals surface area contributed by atoms with Gasteiger partial charge in [0.15, 0.2) is 0 Å². The molecule has 6 heteroatoms. The first-order valence-electron chi connectivity index (χ1n) is 5.14. The third kappa shape index (κ3) is 3.49. The summed E-state index contributed by atoms with van der Waals surface area (Å²) in [6.45, 7) is 1.95. The zero-order valence-electron chi connectivity index (χ0n) is 9.08. The molecule has 0 spiro atoms. The van der Waals surface area contributed by atoms with E-state index < -0.39 is 0 Å². The zero-order chi connectivity index (χ0) is 11.5. The highest BCUT2D eigenvalue weighted by molar-refractivity contribution is 6.42. The van der Waals surface area contributed by atoms with Crippen LogP contribution in [0.3, 0.4) is 0 Å². The average Bonchev–Trinajstić information content (AvgIpc) is 2.47. The van der Waals surface area contributed by atoms with Gasteiger partial charge in [-0.2, -0.15) is 0 Å². The maximum absolute atomic E-state index is 11.8. The fourth-order valence-electron chi connectivity index (χ4n) is 1.70. The standard InChI is InChI=1S/C11H12Cl2N2O.ClH/c12-9-3-2-8(6-10(9)13)15-5-1-4-14-7-11(15)16;/h2-3,6,14H,1,4-5,7H2;1H. The molecule has 1 aliphatic rings.